The minimum atomic E-state index is -4.07. The number of nitrogens with one attached hydrogen (secondary N) is 1. The molecule has 1 N–H and O–H groups in total. The van der Waals surface area contributed by atoms with Gasteiger partial charge in [0.15, 0.2) is 12.0 Å². The SMILES string of the molecule is CC(=O)OC[C@@H]1C=CC(=O)[C@@H](NS(=O)(=O)c2ccc(F)cc2)O1. The van der Waals surface area contributed by atoms with Gasteiger partial charge < -0.3 is 9.47 Å². The lowest BCUT2D eigenvalue weighted by Gasteiger charge is -2.25. The fraction of sp³-hybridized carbons (Fsp3) is 0.286. The van der Waals surface area contributed by atoms with E-state index in [9.17, 15) is 22.4 Å². The smallest absolute Gasteiger partial charge is 0.302 e. The Labute approximate surface area is 132 Å². The van der Waals surface area contributed by atoms with Crippen molar-refractivity contribution in [2.45, 2.75) is 24.2 Å². The molecule has 1 aliphatic heterocycles. The van der Waals surface area contributed by atoms with Gasteiger partial charge in [-0.15, -0.1) is 0 Å². The number of hydrogen-bond donors (Lipinski definition) is 1. The lowest BCUT2D eigenvalue weighted by molar-refractivity contribution is -0.147. The van der Waals surface area contributed by atoms with Gasteiger partial charge in [0.05, 0.1) is 4.90 Å². The van der Waals surface area contributed by atoms with Crippen LogP contribution in [0.25, 0.3) is 0 Å². The van der Waals surface area contributed by atoms with Gasteiger partial charge in [0.25, 0.3) is 0 Å². The molecule has 1 heterocycles. The zero-order valence-electron chi connectivity index (χ0n) is 12.1. The number of benzene rings is 1. The van der Waals surface area contributed by atoms with Crippen LogP contribution in [0.4, 0.5) is 4.39 Å². The molecular weight excluding hydrogens is 329 g/mol. The average Bonchev–Trinajstić information content (AvgIpc) is 2.48. The normalized spacial score (nSPS) is 21.2. The van der Waals surface area contributed by atoms with Crippen molar-refractivity contribution >= 4 is 21.8 Å². The van der Waals surface area contributed by atoms with Crippen LogP contribution in [0.15, 0.2) is 41.3 Å². The summed E-state index contributed by atoms with van der Waals surface area (Å²) in [7, 11) is -4.07. The Kier molecular flexibility index (Phi) is 5.24. The Morgan fingerprint density at radius 2 is 2.00 bits per heavy atom. The molecule has 1 aromatic carbocycles. The van der Waals surface area contributed by atoms with E-state index in [-0.39, 0.29) is 11.5 Å². The summed E-state index contributed by atoms with van der Waals surface area (Å²) in [5.74, 6) is -1.71. The van der Waals surface area contributed by atoms with Gasteiger partial charge in [-0.2, -0.15) is 4.72 Å². The first-order chi connectivity index (χ1) is 10.8. The van der Waals surface area contributed by atoms with E-state index in [4.69, 9.17) is 9.47 Å². The zero-order valence-corrected chi connectivity index (χ0v) is 12.9. The summed E-state index contributed by atoms with van der Waals surface area (Å²) in [5.41, 5.74) is 0. The number of rotatable bonds is 5. The molecule has 0 spiro atoms. The highest BCUT2D eigenvalue weighted by atomic mass is 32.2. The second-order valence-corrected chi connectivity index (χ2v) is 6.41. The predicted molar refractivity (Wildman–Crippen MR) is 76.2 cm³/mol. The van der Waals surface area contributed by atoms with E-state index >= 15 is 0 Å². The number of carbonyl (C=O) groups excluding carboxylic acids is 2. The molecule has 0 aromatic heterocycles. The minimum Gasteiger partial charge on any atom is -0.463 e. The monoisotopic (exact) mass is 343 g/mol. The van der Waals surface area contributed by atoms with E-state index in [0.717, 1.165) is 30.3 Å². The maximum atomic E-state index is 12.9. The molecule has 0 saturated carbocycles. The largest absolute Gasteiger partial charge is 0.463 e. The molecule has 23 heavy (non-hydrogen) atoms. The molecule has 2 rings (SSSR count). The quantitative estimate of drug-likeness (QED) is 0.783. The van der Waals surface area contributed by atoms with E-state index < -0.39 is 39.9 Å². The molecular formula is C14H14FNO6S. The summed E-state index contributed by atoms with van der Waals surface area (Å²) in [5, 5.41) is 0. The summed E-state index contributed by atoms with van der Waals surface area (Å²) in [4.78, 5) is 22.3. The molecule has 0 fully saturated rings. The van der Waals surface area contributed by atoms with Gasteiger partial charge in [-0.1, -0.05) is 0 Å². The van der Waals surface area contributed by atoms with Crippen LogP contribution in [0.5, 0.6) is 0 Å². The van der Waals surface area contributed by atoms with Crippen molar-refractivity contribution in [3.8, 4) is 0 Å². The first-order valence-electron chi connectivity index (χ1n) is 6.57. The van der Waals surface area contributed by atoms with E-state index in [2.05, 4.69) is 4.72 Å². The minimum absolute atomic E-state index is 0.145. The number of ketones is 1. The van der Waals surface area contributed by atoms with Crippen LogP contribution in [0, 0.1) is 5.82 Å². The molecule has 1 aliphatic rings. The second kappa shape index (κ2) is 6.99. The summed E-state index contributed by atoms with van der Waals surface area (Å²) in [6.07, 6.45) is 0.317. The molecule has 0 amide bonds. The first-order valence-corrected chi connectivity index (χ1v) is 8.05. The van der Waals surface area contributed by atoms with Gasteiger partial charge in [0.1, 0.15) is 18.5 Å². The van der Waals surface area contributed by atoms with E-state index in [1.807, 2.05) is 0 Å². The standard InChI is InChI=1S/C14H14FNO6S/c1-9(17)21-8-11-4-7-13(18)14(22-11)16-23(19,20)12-5-2-10(15)3-6-12/h2-7,11,14,16H,8H2,1H3/t11-,14-/m0/s1. The first kappa shape index (κ1) is 17.3. The van der Waals surface area contributed by atoms with Crippen LogP contribution < -0.4 is 4.72 Å². The average molecular weight is 343 g/mol. The third-order valence-corrected chi connectivity index (χ3v) is 4.30. The van der Waals surface area contributed by atoms with Crippen molar-refractivity contribution in [1.29, 1.82) is 0 Å². The third-order valence-electron chi connectivity index (χ3n) is 2.88. The molecule has 7 nitrogen and oxygen atoms in total. The Morgan fingerprint density at radius 1 is 1.35 bits per heavy atom. The van der Waals surface area contributed by atoms with Crippen LogP contribution >= 0.6 is 0 Å². The van der Waals surface area contributed by atoms with Crippen molar-refractivity contribution in [2.24, 2.45) is 0 Å². The zero-order chi connectivity index (χ0) is 17.0. The fourth-order valence-corrected chi connectivity index (χ4v) is 2.86. The van der Waals surface area contributed by atoms with E-state index in [1.54, 1.807) is 0 Å². The number of halogens is 1. The highest BCUT2D eigenvalue weighted by Gasteiger charge is 2.30. The molecule has 0 bridgehead atoms. The number of esters is 1. The number of carbonyl (C=O) groups is 2. The van der Waals surface area contributed by atoms with Crippen molar-refractivity contribution < 1.29 is 31.9 Å². The summed E-state index contributed by atoms with van der Waals surface area (Å²) >= 11 is 0. The van der Waals surface area contributed by atoms with Crippen molar-refractivity contribution in [3.63, 3.8) is 0 Å². The van der Waals surface area contributed by atoms with Crippen LogP contribution in [0.2, 0.25) is 0 Å². The van der Waals surface area contributed by atoms with Gasteiger partial charge in [-0.05, 0) is 36.4 Å². The van der Waals surface area contributed by atoms with Crippen LogP contribution in [-0.2, 0) is 29.1 Å². The molecule has 0 unspecified atom stereocenters. The lowest BCUT2D eigenvalue weighted by Crippen LogP contribution is -2.46. The van der Waals surface area contributed by atoms with Gasteiger partial charge in [-0.25, -0.2) is 12.8 Å². The van der Waals surface area contributed by atoms with Crippen molar-refractivity contribution in [1.82, 2.24) is 4.72 Å². The molecule has 2 atom stereocenters. The molecule has 0 radical (unpaired) electrons. The summed E-state index contributed by atoms with van der Waals surface area (Å²) in [6.45, 7) is 1.07. The molecule has 124 valence electrons. The highest BCUT2D eigenvalue weighted by Crippen LogP contribution is 2.14. The topological polar surface area (TPSA) is 98.8 Å². The molecule has 9 heteroatoms. The predicted octanol–water partition coefficient (Wildman–Crippen LogP) is 0.517. The number of hydrogen-bond acceptors (Lipinski definition) is 6. The summed E-state index contributed by atoms with van der Waals surface area (Å²) in [6, 6.07) is 4.11. The second-order valence-electron chi connectivity index (χ2n) is 4.69. The van der Waals surface area contributed by atoms with Crippen LogP contribution in [0.3, 0.4) is 0 Å². The third kappa shape index (κ3) is 4.68. The molecule has 0 saturated heterocycles. The van der Waals surface area contributed by atoms with E-state index in [1.165, 1.54) is 13.0 Å². The van der Waals surface area contributed by atoms with Gasteiger partial charge in [0, 0.05) is 6.92 Å². The highest BCUT2D eigenvalue weighted by molar-refractivity contribution is 7.89. The van der Waals surface area contributed by atoms with Crippen LogP contribution in [0.1, 0.15) is 6.92 Å². The van der Waals surface area contributed by atoms with Crippen molar-refractivity contribution in [3.05, 3.63) is 42.2 Å². The lowest BCUT2D eigenvalue weighted by atomic mass is 10.2. The fourth-order valence-electron chi connectivity index (χ4n) is 1.78. The summed E-state index contributed by atoms with van der Waals surface area (Å²) < 4.78 is 49.2. The van der Waals surface area contributed by atoms with E-state index in [0.29, 0.717) is 0 Å². The Morgan fingerprint density at radius 3 is 2.61 bits per heavy atom. The Hall–Kier alpha value is -2.10. The maximum Gasteiger partial charge on any atom is 0.302 e. The Balaban J connectivity index is 2.08. The van der Waals surface area contributed by atoms with Gasteiger partial charge in [-0.3, -0.25) is 9.59 Å². The molecule has 1 aromatic rings. The molecule has 0 aliphatic carbocycles. The number of sulfonamides is 1. The number of ether oxygens (including phenoxy) is 2. The van der Waals surface area contributed by atoms with Gasteiger partial charge >= 0.3 is 5.97 Å². The van der Waals surface area contributed by atoms with Crippen LogP contribution in [-0.4, -0.2) is 39.1 Å². The Bertz CT molecular complexity index is 728. The van der Waals surface area contributed by atoms with Gasteiger partial charge in [0.2, 0.25) is 10.0 Å². The maximum absolute atomic E-state index is 12.9. The van der Waals surface area contributed by atoms with Crippen molar-refractivity contribution in [2.75, 3.05) is 6.61 Å².